The van der Waals surface area contributed by atoms with Gasteiger partial charge in [0.15, 0.2) is 17.3 Å². The molecule has 0 bridgehead atoms. The molecule has 2 aromatic carbocycles. The van der Waals surface area contributed by atoms with Gasteiger partial charge in [0.05, 0.1) is 11.2 Å². The number of hydrogen-bond donors (Lipinski definition) is 1. The molecule has 1 fully saturated rings. The first-order valence-corrected chi connectivity index (χ1v) is 10.5. The number of fused-ring (bicyclic) bond motifs is 6. The van der Waals surface area contributed by atoms with Gasteiger partial charge in [0.2, 0.25) is 6.79 Å². The van der Waals surface area contributed by atoms with Crippen molar-refractivity contribution >= 4 is 16.7 Å². The van der Waals surface area contributed by atoms with Gasteiger partial charge in [0.1, 0.15) is 6.17 Å². The van der Waals surface area contributed by atoms with E-state index in [-0.39, 0.29) is 18.7 Å². The largest absolute Gasteiger partial charge is 0.454 e. The molecule has 5 nitrogen and oxygen atoms in total. The topological polar surface area (TPSA) is 66.5 Å². The van der Waals surface area contributed by atoms with Crippen LogP contribution in [0.25, 0.3) is 22.2 Å². The zero-order valence-electron chi connectivity index (χ0n) is 16.5. The van der Waals surface area contributed by atoms with Crippen molar-refractivity contribution in [2.24, 2.45) is 5.73 Å². The Morgan fingerprint density at radius 3 is 2.59 bits per heavy atom. The van der Waals surface area contributed by atoms with Crippen molar-refractivity contribution in [1.82, 2.24) is 4.57 Å². The summed E-state index contributed by atoms with van der Waals surface area (Å²) in [4.78, 5) is 12.1. The van der Waals surface area contributed by atoms with Gasteiger partial charge in [0, 0.05) is 22.1 Å². The summed E-state index contributed by atoms with van der Waals surface area (Å²) in [5.74, 6) is 2.15. The number of aromatic nitrogens is 1. The van der Waals surface area contributed by atoms with Crippen LogP contribution in [-0.4, -0.2) is 17.1 Å². The molecule has 0 saturated heterocycles. The van der Waals surface area contributed by atoms with Crippen molar-refractivity contribution in [3.05, 3.63) is 47.0 Å². The molecule has 0 spiro atoms. The zero-order valence-corrected chi connectivity index (χ0v) is 16.5. The highest BCUT2D eigenvalue weighted by molar-refractivity contribution is 6.02. The summed E-state index contributed by atoms with van der Waals surface area (Å²) in [7, 11) is 0. The van der Waals surface area contributed by atoms with Crippen LogP contribution in [0.2, 0.25) is 0 Å². The highest BCUT2D eigenvalue weighted by Crippen LogP contribution is 2.52. The number of ketones is 1. The molecule has 3 aromatic rings. The monoisotopic (exact) mass is 388 g/mol. The molecule has 0 amide bonds. The molecular weight excluding hydrogens is 364 g/mol. The molecule has 5 heteroatoms. The van der Waals surface area contributed by atoms with Gasteiger partial charge in [0.25, 0.3) is 0 Å². The molecule has 3 heterocycles. The SMILES string of the molecule is CC(=O)c1ccc2c(C3CCCCC3)c3n(c2c1)C(N)c1cc2c(cc1-3)OCO2. The molecule has 1 aliphatic carbocycles. The van der Waals surface area contributed by atoms with Gasteiger partial charge >= 0.3 is 0 Å². The quantitative estimate of drug-likeness (QED) is 0.620. The minimum Gasteiger partial charge on any atom is -0.454 e. The summed E-state index contributed by atoms with van der Waals surface area (Å²) in [5, 5.41) is 1.23. The van der Waals surface area contributed by atoms with Crippen LogP contribution in [0.3, 0.4) is 0 Å². The van der Waals surface area contributed by atoms with Gasteiger partial charge in [-0.05, 0) is 49.4 Å². The lowest BCUT2D eigenvalue weighted by Crippen LogP contribution is -2.15. The van der Waals surface area contributed by atoms with Crippen molar-refractivity contribution in [2.45, 2.75) is 51.1 Å². The van der Waals surface area contributed by atoms with E-state index in [0.717, 1.165) is 33.7 Å². The highest BCUT2D eigenvalue weighted by atomic mass is 16.7. The Kier molecular flexibility index (Phi) is 3.60. The summed E-state index contributed by atoms with van der Waals surface area (Å²) in [6.07, 6.45) is 5.96. The van der Waals surface area contributed by atoms with E-state index in [1.54, 1.807) is 6.92 Å². The Morgan fingerprint density at radius 1 is 1.07 bits per heavy atom. The van der Waals surface area contributed by atoms with Gasteiger partial charge < -0.3 is 19.8 Å². The Morgan fingerprint density at radius 2 is 1.83 bits per heavy atom. The first kappa shape index (κ1) is 17.1. The lowest BCUT2D eigenvalue weighted by molar-refractivity contribution is 0.101. The van der Waals surface area contributed by atoms with E-state index in [1.807, 2.05) is 18.2 Å². The van der Waals surface area contributed by atoms with Crippen molar-refractivity contribution in [2.75, 3.05) is 6.79 Å². The fourth-order valence-electron chi connectivity index (χ4n) is 5.47. The van der Waals surface area contributed by atoms with Crippen LogP contribution in [0.4, 0.5) is 0 Å². The number of hydrogen-bond acceptors (Lipinski definition) is 4. The highest BCUT2D eigenvalue weighted by Gasteiger charge is 2.36. The predicted molar refractivity (Wildman–Crippen MR) is 112 cm³/mol. The Bertz CT molecular complexity index is 1170. The Hall–Kier alpha value is -2.79. The minimum absolute atomic E-state index is 0.0755. The van der Waals surface area contributed by atoms with Crippen LogP contribution >= 0.6 is 0 Å². The molecular formula is C24H24N2O3. The number of nitrogens with zero attached hydrogens (tertiary/aromatic N) is 1. The second kappa shape index (κ2) is 6.10. The lowest BCUT2D eigenvalue weighted by atomic mass is 9.81. The van der Waals surface area contributed by atoms with Crippen molar-refractivity contribution in [3.8, 4) is 22.8 Å². The van der Waals surface area contributed by atoms with Gasteiger partial charge in [-0.15, -0.1) is 0 Å². The summed E-state index contributed by atoms with van der Waals surface area (Å²) >= 11 is 0. The first-order valence-electron chi connectivity index (χ1n) is 10.5. The van der Waals surface area contributed by atoms with Crippen LogP contribution in [-0.2, 0) is 0 Å². The molecule has 6 rings (SSSR count). The summed E-state index contributed by atoms with van der Waals surface area (Å²) in [5.41, 5.74) is 13.4. The molecule has 29 heavy (non-hydrogen) atoms. The van der Waals surface area contributed by atoms with E-state index in [2.05, 4.69) is 16.7 Å². The minimum atomic E-state index is -0.295. The van der Waals surface area contributed by atoms with E-state index in [9.17, 15) is 4.79 Å². The van der Waals surface area contributed by atoms with E-state index in [0.29, 0.717) is 5.92 Å². The van der Waals surface area contributed by atoms with Crippen LogP contribution < -0.4 is 15.2 Å². The van der Waals surface area contributed by atoms with Crippen molar-refractivity contribution < 1.29 is 14.3 Å². The van der Waals surface area contributed by atoms with E-state index >= 15 is 0 Å². The maximum atomic E-state index is 12.1. The Balaban J connectivity index is 1.67. The predicted octanol–water partition coefficient (Wildman–Crippen LogP) is 5.11. The Labute approximate surface area is 169 Å². The molecule has 1 unspecified atom stereocenters. The average Bonchev–Trinajstić information content (AvgIpc) is 3.40. The van der Waals surface area contributed by atoms with Crippen LogP contribution in [0, 0.1) is 0 Å². The van der Waals surface area contributed by atoms with E-state index in [1.165, 1.54) is 48.7 Å². The fraction of sp³-hybridized carbons (Fsp3) is 0.375. The number of nitrogens with two attached hydrogens (primary N) is 1. The second-order valence-corrected chi connectivity index (χ2v) is 8.49. The van der Waals surface area contributed by atoms with Gasteiger partial charge in [-0.3, -0.25) is 4.79 Å². The first-order chi connectivity index (χ1) is 14.1. The van der Waals surface area contributed by atoms with E-state index in [4.69, 9.17) is 15.2 Å². The average molecular weight is 388 g/mol. The maximum absolute atomic E-state index is 12.1. The second-order valence-electron chi connectivity index (χ2n) is 8.49. The summed E-state index contributed by atoms with van der Waals surface area (Å²) in [6, 6.07) is 10.2. The third-order valence-electron chi connectivity index (χ3n) is 6.86. The molecule has 0 radical (unpaired) electrons. The van der Waals surface area contributed by atoms with Gasteiger partial charge in [-0.25, -0.2) is 0 Å². The molecule has 1 atom stereocenters. The number of Topliss-reactive ketones (excluding diaryl/α,β-unsaturated/α-hetero) is 1. The molecule has 1 aromatic heterocycles. The number of benzene rings is 2. The van der Waals surface area contributed by atoms with E-state index < -0.39 is 0 Å². The van der Waals surface area contributed by atoms with Crippen molar-refractivity contribution in [1.29, 1.82) is 0 Å². The summed E-state index contributed by atoms with van der Waals surface area (Å²) in [6.45, 7) is 1.87. The normalized spacial score (nSPS) is 20.1. The fourth-order valence-corrected chi connectivity index (χ4v) is 5.47. The smallest absolute Gasteiger partial charge is 0.231 e. The molecule has 2 N–H and O–H groups in total. The number of carbonyl (C=O) groups excluding carboxylic acids is 1. The number of ether oxygens (including phenoxy) is 2. The van der Waals surface area contributed by atoms with Gasteiger partial charge in [-0.2, -0.15) is 0 Å². The third kappa shape index (κ3) is 2.34. The van der Waals surface area contributed by atoms with Gasteiger partial charge in [-0.1, -0.05) is 31.4 Å². The standard InChI is InChI=1S/C24H24N2O3/c1-13(27)15-7-8-16-19(9-15)26-23(22(16)14-5-3-2-4-6-14)17-10-20-21(29-12-28-20)11-18(17)24(26)25/h7-11,14,24H,2-6,12,25H2,1H3. The zero-order chi connectivity index (χ0) is 19.7. The molecule has 1 saturated carbocycles. The van der Waals surface area contributed by atoms with Crippen LogP contribution in [0.1, 0.15) is 72.6 Å². The molecule has 3 aliphatic rings. The lowest BCUT2D eigenvalue weighted by Gasteiger charge is -2.23. The number of rotatable bonds is 2. The van der Waals surface area contributed by atoms with Crippen LogP contribution in [0.5, 0.6) is 11.5 Å². The summed E-state index contributed by atoms with van der Waals surface area (Å²) < 4.78 is 13.5. The number of carbonyl (C=O) groups is 1. The van der Waals surface area contributed by atoms with Crippen LogP contribution in [0.15, 0.2) is 30.3 Å². The van der Waals surface area contributed by atoms with Crippen molar-refractivity contribution in [3.63, 3.8) is 0 Å². The third-order valence-corrected chi connectivity index (χ3v) is 6.86. The molecule has 148 valence electrons. The molecule has 2 aliphatic heterocycles. The maximum Gasteiger partial charge on any atom is 0.231 e.